The number of hydrogen-bond acceptors (Lipinski definition) is 3. The van der Waals surface area contributed by atoms with E-state index in [0.29, 0.717) is 11.9 Å². The maximum absolute atomic E-state index is 5.79. The molecule has 5 heteroatoms. The van der Waals surface area contributed by atoms with Crippen molar-refractivity contribution in [2.24, 2.45) is 5.92 Å². The maximum Gasteiger partial charge on any atom is 0.153 e. The molecule has 1 unspecified atom stereocenters. The number of anilines is 2. The summed E-state index contributed by atoms with van der Waals surface area (Å²) < 4.78 is 2.11. The van der Waals surface area contributed by atoms with Crippen LogP contribution in [0, 0.1) is 12.8 Å². The third-order valence-electron chi connectivity index (χ3n) is 3.50. The Bertz CT molecular complexity index is 593. The largest absolute Gasteiger partial charge is 0.323 e. The minimum atomic E-state index is 0.419. The van der Waals surface area contributed by atoms with Crippen molar-refractivity contribution in [2.45, 2.75) is 32.2 Å². The van der Waals surface area contributed by atoms with Crippen LogP contribution in [-0.4, -0.2) is 14.8 Å². The summed E-state index contributed by atoms with van der Waals surface area (Å²) in [5.41, 5.74) is 2.05. The molecular formula is C14H17ClN4. The number of nitrogens with zero attached hydrogens (tertiary/aromatic N) is 3. The average molecular weight is 277 g/mol. The van der Waals surface area contributed by atoms with Crippen LogP contribution < -0.4 is 5.32 Å². The van der Waals surface area contributed by atoms with E-state index < -0.39 is 0 Å². The molecule has 19 heavy (non-hydrogen) atoms. The molecule has 2 heterocycles. The Balaban J connectivity index is 1.79. The summed E-state index contributed by atoms with van der Waals surface area (Å²) in [6.07, 6.45) is 1.22. The fraction of sp³-hybridized carbons (Fsp3) is 0.429. The predicted molar refractivity (Wildman–Crippen MR) is 76.9 cm³/mol. The zero-order chi connectivity index (χ0) is 13.4. The molecule has 2 atom stereocenters. The Hall–Kier alpha value is -1.55. The zero-order valence-corrected chi connectivity index (χ0v) is 11.9. The molecule has 0 amide bonds. The van der Waals surface area contributed by atoms with Crippen molar-refractivity contribution < 1.29 is 0 Å². The maximum atomic E-state index is 5.79. The molecule has 4 nitrogen and oxygen atoms in total. The van der Waals surface area contributed by atoms with Gasteiger partial charge in [-0.25, -0.2) is 4.98 Å². The highest BCUT2D eigenvalue weighted by Gasteiger charge is 2.36. The first-order valence-corrected chi connectivity index (χ1v) is 7.06. The van der Waals surface area contributed by atoms with Gasteiger partial charge in [-0.2, -0.15) is 5.10 Å². The van der Waals surface area contributed by atoms with Crippen molar-refractivity contribution in [3.8, 4) is 0 Å². The van der Waals surface area contributed by atoms with Crippen LogP contribution in [-0.2, 0) is 5.88 Å². The molecule has 1 fully saturated rings. The van der Waals surface area contributed by atoms with E-state index in [4.69, 9.17) is 11.6 Å². The molecule has 2 aromatic rings. The number of pyridine rings is 1. The first-order valence-electron chi connectivity index (χ1n) is 6.52. The van der Waals surface area contributed by atoms with Crippen molar-refractivity contribution in [3.63, 3.8) is 0 Å². The van der Waals surface area contributed by atoms with Crippen molar-refractivity contribution in [1.82, 2.24) is 14.8 Å². The van der Waals surface area contributed by atoms with E-state index >= 15 is 0 Å². The highest BCUT2D eigenvalue weighted by Crippen LogP contribution is 2.43. The molecule has 2 aromatic heterocycles. The van der Waals surface area contributed by atoms with Crippen molar-refractivity contribution in [1.29, 1.82) is 0 Å². The fourth-order valence-corrected chi connectivity index (χ4v) is 2.43. The summed E-state index contributed by atoms with van der Waals surface area (Å²) in [6.45, 7) is 4.34. The third-order valence-corrected chi connectivity index (χ3v) is 3.78. The van der Waals surface area contributed by atoms with Gasteiger partial charge in [0.2, 0.25) is 0 Å². The van der Waals surface area contributed by atoms with E-state index in [0.717, 1.165) is 23.2 Å². The van der Waals surface area contributed by atoms with Crippen LogP contribution in [0.4, 0.5) is 11.6 Å². The summed E-state index contributed by atoms with van der Waals surface area (Å²) in [7, 11) is 0. The molecular weight excluding hydrogens is 260 g/mol. The lowest BCUT2D eigenvalue weighted by Crippen LogP contribution is -2.01. The SMILES string of the molecule is Cc1cc(Nc2cccc(CCl)n2)nn1[C@H]1CC1C. The predicted octanol–water partition coefficient (Wildman–Crippen LogP) is 3.65. The Labute approximate surface area is 117 Å². The van der Waals surface area contributed by atoms with Gasteiger partial charge in [0, 0.05) is 11.8 Å². The van der Waals surface area contributed by atoms with Crippen molar-refractivity contribution in [2.75, 3.05) is 5.32 Å². The molecule has 1 saturated carbocycles. The third kappa shape index (κ3) is 2.59. The lowest BCUT2D eigenvalue weighted by Gasteiger charge is -2.03. The molecule has 0 bridgehead atoms. The molecule has 0 aromatic carbocycles. The molecule has 0 spiro atoms. The number of aromatic nitrogens is 3. The van der Waals surface area contributed by atoms with Crippen molar-refractivity contribution >= 4 is 23.2 Å². The normalized spacial score (nSPS) is 21.4. The Morgan fingerprint density at radius 3 is 2.89 bits per heavy atom. The number of hydrogen-bond donors (Lipinski definition) is 1. The van der Waals surface area contributed by atoms with Gasteiger partial charge in [0.05, 0.1) is 17.6 Å². The number of halogens is 1. The Kier molecular flexibility index (Phi) is 3.19. The fourth-order valence-electron chi connectivity index (χ4n) is 2.28. The van der Waals surface area contributed by atoms with E-state index in [1.54, 1.807) is 0 Å². The second-order valence-corrected chi connectivity index (χ2v) is 5.44. The van der Waals surface area contributed by atoms with Crippen molar-refractivity contribution in [3.05, 3.63) is 35.7 Å². The minimum Gasteiger partial charge on any atom is -0.323 e. The van der Waals surface area contributed by atoms with Crippen LogP contribution in [0.25, 0.3) is 0 Å². The Morgan fingerprint density at radius 1 is 1.42 bits per heavy atom. The van der Waals surface area contributed by atoms with Gasteiger partial charge in [-0.15, -0.1) is 11.6 Å². The van der Waals surface area contributed by atoms with Crippen LogP contribution in [0.5, 0.6) is 0 Å². The van der Waals surface area contributed by atoms with E-state index in [1.807, 2.05) is 18.2 Å². The quantitative estimate of drug-likeness (QED) is 0.867. The smallest absolute Gasteiger partial charge is 0.153 e. The average Bonchev–Trinajstić information content (AvgIpc) is 3.01. The first-order chi connectivity index (χ1) is 9.17. The molecule has 1 N–H and O–H groups in total. The summed E-state index contributed by atoms with van der Waals surface area (Å²) in [5, 5.41) is 7.84. The van der Waals surface area contributed by atoms with Crippen LogP contribution in [0.15, 0.2) is 24.3 Å². The molecule has 100 valence electrons. The number of alkyl halides is 1. The molecule has 1 aliphatic rings. The molecule has 0 radical (unpaired) electrons. The van der Waals surface area contributed by atoms with Crippen LogP contribution in [0.3, 0.4) is 0 Å². The van der Waals surface area contributed by atoms with E-state index in [9.17, 15) is 0 Å². The zero-order valence-electron chi connectivity index (χ0n) is 11.1. The van der Waals surface area contributed by atoms with E-state index in [2.05, 4.69) is 40.0 Å². The Morgan fingerprint density at radius 2 is 2.21 bits per heavy atom. The highest BCUT2D eigenvalue weighted by atomic mass is 35.5. The topological polar surface area (TPSA) is 42.7 Å². The number of rotatable bonds is 4. The molecule has 3 rings (SSSR count). The summed E-state index contributed by atoms with van der Waals surface area (Å²) in [5.74, 6) is 2.79. The molecule has 1 aliphatic carbocycles. The van der Waals surface area contributed by atoms with Gasteiger partial charge in [0.1, 0.15) is 5.82 Å². The van der Waals surface area contributed by atoms with Gasteiger partial charge in [-0.1, -0.05) is 13.0 Å². The van der Waals surface area contributed by atoms with Gasteiger partial charge in [-0.05, 0) is 31.4 Å². The van der Waals surface area contributed by atoms with Gasteiger partial charge in [0.25, 0.3) is 0 Å². The summed E-state index contributed by atoms with van der Waals surface area (Å²) in [6, 6.07) is 8.40. The highest BCUT2D eigenvalue weighted by molar-refractivity contribution is 6.16. The van der Waals surface area contributed by atoms with Crippen LogP contribution in [0.2, 0.25) is 0 Å². The first kappa shape index (κ1) is 12.5. The van der Waals surface area contributed by atoms with E-state index in [-0.39, 0.29) is 0 Å². The lowest BCUT2D eigenvalue weighted by atomic mass is 10.3. The summed E-state index contributed by atoms with van der Waals surface area (Å²) in [4.78, 5) is 4.41. The van der Waals surface area contributed by atoms with Crippen LogP contribution >= 0.6 is 11.6 Å². The molecule has 0 saturated heterocycles. The second kappa shape index (κ2) is 4.85. The monoisotopic (exact) mass is 276 g/mol. The minimum absolute atomic E-state index is 0.419. The van der Waals surface area contributed by atoms with Gasteiger partial charge >= 0.3 is 0 Å². The lowest BCUT2D eigenvalue weighted by molar-refractivity contribution is 0.590. The summed E-state index contributed by atoms with van der Waals surface area (Å²) >= 11 is 5.79. The number of nitrogens with one attached hydrogen (secondary N) is 1. The molecule has 0 aliphatic heterocycles. The van der Waals surface area contributed by atoms with Gasteiger partial charge < -0.3 is 5.32 Å². The van der Waals surface area contributed by atoms with Gasteiger partial charge in [0.15, 0.2) is 5.82 Å². The number of aryl methyl sites for hydroxylation is 1. The second-order valence-electron chi connectivity index (χ2n) is 5.17. The van der Waals surface area contributed by atoms with E-state index in [1.165, 1.54) is 12.1 Å². The van der Waals surface area contributed by atoms with Gasteiger partial charge in [-0.3, -0.25) is 4.68 Å². The van der Waals surface area contributed by atoms with Crippen LogP contribution in [0.1, 0.15) is 30.8 Å². The standard InChI is InChI=1S/C14H17ClN4/c1-9-6-12(9)19-10(2)7-14(18-19)17-13-5-3-4-11(8-15)16-13/h3-5,7,9,12H,6,8H2,1-2H3,(H,16,17,18)/t9?,12-/m0/s1.